The first-order chi connectivity index (χ1) is 10.2. The molecule has 0 fully saturated rings. The molecule has 22 heavy (non-hydrogen) atoms. The Kier molecular flexibility index (Phi) is 4.50. The summed E-state index contributed by atoms with van der Waals surface area (Å²) >= 11 is 0. The van der Waals surface area contributed by atoms with E-state index in [9.17, 15) is 4.79 Å². The average molecular weight is 302 g/mol. The summed E-state index contributed by atoms with van der Waals surface area (Å²) in [6.07, 6.45) is 2.70. The Labute approximate surface area is 132 Å². The largest absolute Gasteiger partial charge is 0.444 e. The van der Waals surface area contributed by atoms with Crippen LogP contribution >= 0.6 is 0 Å². The molecule has 1 aliphatic heterocycles. The van der Waals surface area contributed by atoms with Crippen molar-refractivity contribution in [2.24, 2.45) is 0 Å². The molecule has 1 aliphatic rings. The molecule has 0 saturated heterocycles. The second-order valence-electron chi connectivity index (χ2n) is 7.00. The molecule has 4 heteroatoms. The third-order valence-electron chi connectivity index (χ3n) is 3.76. The third-order valence-corrected chi connectivity index (χ3v) is 3.76. The van der Waals surface area contributed by atoms with E-state index in [2.05, 4.69) is 13.0 Å². The van der Waals surface area contributed by atoms with Crippen LogP contribution in [-0.2, 0) is 4.74 Å². The van der Waals surface area contributed by atoms with Gasteiger partial charge in [-0.3, -0.25) is 4.90 Å². The quantitative estimate of drug-likeness (QED) is 0.796. The van der Waals surface area contributed by atoms with Gasteiger partial charge in [0.05, 0.1) is 6.04 Å². The highest BCUT2D eigenvalue weighted by Crippen LogP contribution is 2.30. The van der Waals surface area contributed by atoms with E-state index in [1.807, 2.05) is 56.9 Å². The van der Waals surface area contributed by atoms with Crippen molar-refractivity contribution in [1.29, 1.82) is 0 Å². The Hall–Kier alpha value is -1.97. The third kappa shape index (κ3) is 3.81. The van der Waals surface area contributed by atoms with Crippen LogP contribution in [0, 0.1) is 0 Å². The van der Waals surface area contributed by atoms with E-state index in [4.69, 9.17) is 10.5 Å². The van der Waals surface area contributed by atoms with Crippen LogP contribution in [0.4, 0.5) is 10.5 Å². The number of benzene rings is 1. The van der Waals surface area contributed by atoms with Gasteiger partial charge in [0, 0.05) is 11.7 Å². The highest BCUT2D eigenvalue weighted by Gasteiger charge is 2.32. The van der Waals surface area contributed by atoms with Gasteiger partial charge in [0.2, 0.25) is 0 Å². The molecule has 2 N–H and O–H groups in total. The average Bonchev–Trinajstić information content (AvgIpc) is 2.36. The molecule has 1 amide bonds. The number of nitrogens with zero attached hydrogens (tertiary/aromatic N) is 1. The van der Waals surface area contributed by atoms with Gasteiger partial charge in [0.1, 0.15) is 5.60 Å². The Morgan fingerprint density at radius 3 is 2.32 bits per heavy atom. The molecule has 1 aromatic carbocycles. The fourth-order valence-corrected chi connectivity index (χ4v) is 2.83. The van der Waals surface area contributed by atoms with E-state index in [1.165, 1.54) is 5.57 Å². The Balaban J connectivity index is 2.19. The molecule has 0 aliphatic carbocycles. The number of carbonyl (C=O) groups excluding carboxylic acids is 1. The van der Waals surface area contributed by atoms with Crippen molar-refractivity contribution in [3.63, 3.8) is 0 Å². The lowest BCUT2D eigenvalue weighted by Gasteiger charge is -2.38. The minimum Gasteiger partial charge on any atom is -0.444 e. The van der Waals surface area contributed by atoms with E-state index in [0.717, 1.165) is 17.7 Å². The molecule has 0 saturated carbocycles. The van der Waals surface area contributed by atoms with E-state index in [1.54, 1.807) is 0 Å². The number of anilines is 1. The Bertz CT molecular complexity index is 570. The number of nitrogens with two attached hydrogens (primary N) is 1. The zero-order valence-electron chi connectivity index (χ0n) is 14.1. The highest BCUT2D eigenvalue weighted by molar-refractivity contribution is 5.74. The molecule has 0 aromatic heterocycles. The number of ether oxygens (including phenoxy) is 1. The fraction of sp³-hybridized carbons (Fsp3) is 0.500. The molecule has 2 atom stereocenters. The van der Waals surface area contributed by atoms with Crippen molar-refractivity contribution in [2.75, 3.05) is 5.73 Å². The summed E-state index contributed by atoms with van der Waals surface area (Å²) in [6, 6.07) is 7.99. The van der Waals surface area contributed by atoms with Crippen LogP contribution in [0.3, 0.4) is 0 Å². The van der Waals surface area contributed by atoms with Crippen molar-refractivity contribution in [3.8, 4) is 0 Å². The van der Waals surface area contributed by atoms with Gasteiger partial charge in [-0.05, 0) is 64.3 Å². The van der Waals surface area contributed by atoms with Crippen molar-refractivity contribution in [2.45, 2.75) is 58.7 Å². The molecule has 0 radical (unpaired) electrons. The monoisotopic (exact) mass is 302 g/mol. The number of nitrogen functional groups attached to an aromatic ring is 1. The molecule has 2 unspecified atom stereocenters. The summed E-state index contributed by atoms with van der Waals surface area (Å²) in [7, 11) is 0. The number of amides is 1. The maximum atomic E-state index is 12.4. The lowest BCUT2D eigenvalue weighted by atomic mass is 9.92. The maximum Gasteiger partial charge on any atom is 0.411 e. The Morgan fingerprint density at radius 1 is 1.23 bits per heavy atom. The van der Waals surface area contributed by atoms with E-state index in [0.29, 0.717) is 0 Å². The zero-order chi connectivity index (χ0) is 16.5. The summed E-state index contributed by atoms with van der Waals surface area (Å²) < 4.78 is 5.52. The van der Waals surface area contributed by atoms with Gasteiger partial charge in [-0.15, -0.1) is 0 Å². The van der Waals surface area contributed by atoms with Crippen LogP contribution in [0.1, 0.15) is 46.6 Å². The van der Waals surface area contributed by atoms with Crippen molar-refractivity contribution in [3.05, 3.63) is 35.9 Å². The first-order valence-electron chi connectivity index (χ1n) is 7.75. The summed E-state index contributed by atoms with van der Waals surface area (Å²) in [5.74, 6) is 0. The second-order valence-corrected chi connectivity index (χ2v) is 7.00. The van der Waals surface area contributed by atoms with E-state index < -0.39 is 5.60 Å². The van der Waals surface area contributed by atoms with Gasteiger partial charge in [-0.25, -0.2) is 4.79 Å². The first-order valence-corrected chi connectivity index (χ1v) is 7.75. The number of hydrogen-bond donors (Lipinski definition) is 1. The van der Waals surface area contributed by atoms with Crippen LogP contribution in [0.15, 0.2) is 30.3 Å². The normalized spacial score (nSPS) is 22.2. The van der Waals surface area contributed by atoms with Crippen LogP contribution < -0.4 is 5.73 Å². The van der Waals surface area contributed by atoms with E-state index in [-0.39, 0.29) is 18.2 Å². The van der Waals surface area contributed by atoms with Gasteiger partial charge >= 0.3 is 6.09 Å². The van der Waals surface area contributed by atoms with Gasteiger partial charge in [0.25, 0.3) is 0 Å². The van der Waals surface area contributed by atoms with Gasteiger partial charge in [0.15, 0.2) is 0 Å². The molecule has 120 valence electrons. The number of hydrogen-bond acceptors (Lipinski definition) is 3. The standard InChI is InChI=1S/C18H26N2O2/c1-12-10-15(14-6-8-16(19)9-7-14)11-13(2)20(12)17(21)22-18(3,4)5/h6-10,12-13H,11,19H2,1-5H3. The van der Waals surface area contributed by atoms with Crippen LogP contribution in [0.2, 0.25) is 0 Å². The summed E-state index contributed by atoms with van der Waals surface area (Å²) in [5, 5.41) is 0. The van der Waals surface area contributed by atoms with Crippen LogP contribution in [-0.4, -0.2) is 28.7 Å². The van der Waals surface area contributed by atoms with Crippen LogP contribution in [0.25, 0.3) is 5.57 Å². The molecular formula is C18H26N2O2. The minimum atomic E-state index is -0.475. The summed E-state index contributed by atoms with van der Waals surface area (Å²) in [5.41, 5.74) is 8.44. The number of rotatable bonds is 1. The molecule has 1 heterocycles. The Morgan fingerprint density at radius 2 is 1.82 bits per heavy atom. The van der Waals surface area contributed by atoms with Gasteiger partial charge in [-0.1, -0.05) is 18.2 Å². The molecule has 4 nitrogen and oxygen atoms in total. The maximum absolute atomic E-state index is 12.4. The summed E-state index contributed by atoms with van der Waals surface area (Å²) in [6.45, 7) is 9.75. The SMILES string of the molecule is CC1C=C(c2ccc(N)cc2)CC(C)N1C(=O)OC(C)(C)C. The topological polar surface area (TPSA) is 55.6 Å². The van der Waals surface area contributed by atoms with Crippen molar-refractivity contribution >= 4 is 17.4 Å². The van der Waals surface area contributed by atoms with Gasteiger partial charge < -0.3 is 10.5 Å². The lowest BCUT2D eigenvalue weighted by molar-refractivity contribution is 0.0123. The van der Waals surface area contributed by atoms with Gasteiger partial charge in [-0.2, -0.15) is 0 Å². The smallest absolute Gasteiger partial charge is 0.411 e. The lowest BCUT2D eigenvalue weighted by Crippen LogP contribution is -2.48. The minimum absolute atomic E-state index is 0.00570. The van der Waals surface area contributed by atoms with Crippen LogP contribution in [0.5, 0.6) is 0 Å². The second kappa shape index (κ2) is 6.03. The molecule has 0 spiro atoms. The van der Waals surface area contributed by atoms with E-state index >= 15 is 0 Å². The first kappa shape index (κ1) is 16.4. The molecule has 1 aromatic rings. The predicted octanol–water partition coefficient (Wildman–Crippen LogP) is 4.07. The molecule has 0 bridgehead atoms. The zero-order valence-corrected chi connectivity index (χ0v) is 14.1. The molecule has 2 rings (SSSR count). The predicted molar refractivity (Wildman–Crippen MR) is 90.4 cm³/mol. The molecular weight excluding hydrogens is 276 g/mol. The van der Waals surface area contributed by atoms with Crippen molar-refractivity contribution in [1.82, 2.24) is 4.90 Å². The summed E-state index contributed by atoms with van der Waals surface area (Å²) in [4.78, 5) is 14.2. The fourth-order valence-electron chi connectivity index (χ4n) is 2.83. The number of carbonyl (C=O) groups is 1. The highest BCUT2D eigenvalue weighted by atomic mass is 16.6. The van der Waals surface area contributed by atoms with Crippen molar-refractivity contribution < 1.29 is 9.53 Å².